The molecule has 10 nitrogen and oxygen atoms in total. The van der Waals surface area contributed by atoms with Crippen molar-refractivity contribution in [2.24, 2.45) is 23.2 Å². The summed E-state index contributed by atoms with van der Waals surface area (Å²) in [6.45, 7) is 17.2. The number of hydrogen-bond donors (Lipinski definition) is 3. The van der Waals surface area contributed by atoms with Crippen LogP contribution in [-0.4, -0.2) is 71.3 Å². The van der Waals surface area contributed by atoms with E-state index in [1.807, 2.05) is 0 Å². The van der Waals surface area contributed by atoms with Gasteiger partial charge < -0.3 is 25.6 Å². The van der Waals surface area contributed by atoms with Gasteiger partial charge in [0.05, 0.1) is 6.04 Å². The maximum absolute atomic E-state index is 14.3. The smallest absolute Gasteiger partial charge is 0.408 e. The molecule has 42 heavy (non-hydrogen) atoms. The number of carbonyl (C=O) groups is 5. The Kier molecular flexibility index (Phi) is 11.0. The van der Waals surface area contributed by atoms with Crippen molar-refractivity contribution in [1.82, 2.24) is 20.9 Å². The monoisotopic (exact) mass is 586 g/mol. The fraction of sp³-hybridized carbons (Fsp3) is 0.719. The Labute approximate surface area is 250 Å². The minimum absolute atomic E-state index is 0.0726. The quantitative estimate of drug-likeness (QED) is 0.182. The average Bonchev–Trinajstić information content (AvgIpc) is 3.33. The molecule has 0 aromatic carbocycles. The number of fused-ring (bicyclic) bond motifs is 1. The molecule has 0 aromatic heterocycles. The number of amides is 4. The number of nitrogens with one attached hydrogen (secondary N) is 3. The summed E-state index contributed by atoms with van der Waals surface area (Å²) in [5, 5.41) is 8.15. The maximum atomic E-state index is 14.3. The lowest BCUT2D eigenvalue weighted by Gasteiger charge is -2.36. The number of nitrogens with zero attached hydrogens (tertiary/aromatic N) is 1. The third kappa shape index (κ3) is 8.01. The van der Waals surface area contributed by atoms with Crippen LogP contribution in [0.3, 0.4) is 0 Å². The molecular weight excluding hydrogens is 536 g/mol. The van der Waals surface area contributed by atoms with Crippen LogP contribution < -0.4 is 16.0 Å². The summed E-state index contributed by atoms with van der Waals surface area (Å²) in [5.41, 5.74) is -0.884. The molecule has 0 radical (unpaired) electrons. The summed E-state index contributed by atoms with van der Waals surface area (Å²) >= 11 is 0. The molecule has 3 N–H and O–H groups in total. The van der Waals surface area contributed by atoms with Crippen molar-refractivity contribution < 1.29 is 28.7 Å². The minimum atomic E-state index is -1.06. The van der Waals surface area contributed by atoms with Crippen LogP contribution in [0.4, 0.5) is 4.79 Å². The Morgan fingerprint density at radius 3 is 2.21 bits per heavy atom. The van der Waals surface area contributed by atoms with Crippen LogP contribution in [0.5, 0.6) is 0 Å². The van der Waals surface area contributed by atoms with Crippen LogP contribution in [0.15, 0.2) is 25.3 Å². The molecule has 1 heterocycles. The Hall–Kier alpha value is -3.17. The van der Waals surface area contributed by atoms with Gasteiger partial charge in [-0.3, -0.25) is 19.2 Å². The highest BCUT2D eigenvalue weighted by atomic mass is 16.6. The molecule has 0 aromatic rings. The van der Waals surface area contributed by atoms with Gasteiger partial charge in [0.1, 0.15) is 17.7 Å². The SMILES string of the molecule is C=CCCC(NC(=O)[C@@H]1[C@@H]2[C@H](CN1C(=O)[C@@H](NC(=O)OC(C)(C)C)C1CCCCCC1)C2(C)C)C(=O)C(=O)NCC=C. The van der Waals surface area contributed by atoms with Gasteiger partial charge in [-0.15, -0.1) is 13.2 Å². The summed E-state index contributed by atoms with van der Waals surface area (Å²) in [5.74, 6) is -2.36. The summed E-state index contributed by atoms with van der Waals surface area (Å²) in [4.78, 5) is 68.1. The molecule has 0 spiro atoms. The fourth-order valence-electron chi connectivity index (χ4n) is 6.67. The molecule has 3 aliphatic rings. The van der Waals surface area contributed by atoms with Crippen LogP contribution in [0.2, 0.25) is 0 Å². The van der Waals surface area contributed by atoms with Crippen molar-refractivity contribution in [3.63, 3.8) is 0 Å². The number of ketones is 1. The first kappa shape index (κ1) is 33.3. The molecule has 5 atom stereocenters. The molecule has 1 unspecified atom stereocenters. The van der Waals surface area contributed by atoms with Crippen molar-refractivity contribution in [2.75, 3.05) is 13.1 Å². The lowest BCUT2D eigenvalue weighted by molar-refractivity contribution is -0.144. The van der Waals surface area contributed by atoms with E-state index in [0.29, 0.717) is 13.0 Å². The first-order valence-electron chi connectivity index (χ1n) is 15.4. The van der Waals surface area contributed by atoms with Crippen molar-refractivity contribution >= 4 is 29.6 Å². The zero-order valence-electron chi connectivity index (χ0n) is 26.0. The van der Waals surface area contributed by atoms with Crippen LogP contribution in [0, 0.1) is 23.2 Å². The zero-order valence-corrected chi connectivity index (χ0v) is 26.0. The predicted octanol–water partition coefficient (Wildman–Crippen LogP) is 3.66. The molecule has 1 aliphatic heterocycles. The summed E-state index contributed by atoms with van der Waals surface area (Å²) in [7, 11) is 0. The number of allylic oxidation sites excluding steroid dienone is 1. The summed E-state index contributed by atoms with van der Waals surface area (Å²) in [6, 6.07) is -2.70. The molecule has 4 amide bonds. The Morgan fingerprint density at radius 1 is 1.00 bits per heavy atom. The lowest BCUT2D eigenvalue weighted by Crippen LogP contribution is -2.59. The minimum Gasteiger partial charge on any atom is -0.444 e. The lowest BCUT2D eigenvalue weighted by atomic mass is 9.90. The van der Waals surface area contributed by atoms with E-state index in [0.717, 1.165) is 38.5 Å². The molecule has 10 heteroatoms. The topological polar surface area (TPSA) is 134 Å². The zero-order chi connectivity index (χ0) is 31.2. The number of alkyl carbamates (subject to hydrolysis) is 1. The van der Waals surface area contributed by atoms with Crippen LogP contribution >= 0.6 is 0 Å². The standard InChI is InChI=1S/C32H50N4O6/c1-8-10-17-22(26(37)28(39)33-18-9-2)34-27(38)25-23-21(32(23,6)7)19-36(25)29(40)24(20-15-13-11-12-14-16-20)35-30(41)42-31(3,4)5/h8-9,20-25H,1-2,10-19H2,3-7H3,(H,33,39)(H,34,38)(H,35,41)/t21-,22?,23-,24-,25-/m0/s1. The van der Waals surface area contributed by atoms with Crippen LogP contribution in [-0.2, 0) is 23.9 Å². The number of Topliss-reactive ketones (excluding diaryl/α,β-unsaturated/α-hetero) is 1. The van der Waals surface area contributed by atoms with Gasteiger partial charge in [0.25, 0.3) is 5.91 Å². The van der Waals surface area contributed by atoms with E-state index in [1.165, 1.54) is 6.08 Å². The first-order chi connectivity index (χ1) is 19.7. The van der Waals surface area contributed by atoms with E-state index < -0.39 is 47.4 Å². The molecule has 2 aliphatic carbocycles. The number of carbonyl (C=O) groups excluding carboxylic acids is 5. The predicted molar refractivity (Wildman–Crippen MR) is 160 cm³/mol. The second-order valence-electron chi connectivity index (χ2n) is 13.6. The summed E-state index contributed by atoms with van der Waals surface area (Å²) in [6.07, 6.45) is 8.75. The Balaban J connectivity index is 1.86. The molecule has 3 rings (SSSR count). The number of hydrogen-bond acceptors (Lipinski definition) is 6. The van der Waals surface area contributed by atoms with Crippen molar-refractivity contribution in [1.29, 1.82) is 0 Å². The van der Waals surface area contributed by atoms with Crippen molar-refractivity contribution in [2.45, 2.75) is 110 Å². The number of ether oxygens (including phenoxy) is 1. The maximum Gasteiger partial charge on any atom is 0.408 e. The van der Waals surface area contributed by atoms with E-state index in [9.17, 15) is 24.0 Å². The van der Waals surface area contributed by atoms with Gasteiger partial charge in [-0.1, -0.05) is 51.7 Å². The highest BCUT2D eigenvalue weighted by molar-refractivity contribution is 6.38. The van der Waals surface area contributed by atoms with Gasteiger partial charge in [-0.2, -0.15) is 0 Å². The van der Waals surface area contributed by atoms with E-state index in [2.05, 4.69) is 43.0 Å². The third-order valence-corrected chi connectivity index (χ3v) is 8.99. The van der Waals surface area contributed by atoms with E-state index in [4.69, 9.17) is 4.74 Å². The van der Waals surface area contributed by atoms with E-state index in [-0.39, 0.29) is 42.0 Å². The van der Waals surface area contributed by atoms with E-state index >= 15 is 0 Å². The number of piperidine rings is 1. The van der Waals surface area contributed by atoms with Gasteiger partial charge in [0, 0.05) is 13.1 Å². The molecule has 3 fully saturated rings. The molecule has 1 saturated heterocycles. The Morgan fingerprint density at radius 2 is 1.64 bits per heavy atom. The van der Waals surface area contributed by atoms with Crippen molar-refractivity contribution in [3.8, 4) is 0 Å². The molecular formula is C32H50N4O6. The third-order valence-electron chi connectivity index (χ3n) is 8.99. The first-order valence-corrected chi connectivity index (χ1v) is 15.4. The van der Waals surface area contributed by atoms with Gasteiger partial charge in [0.2, 0.25) is 17.6 Å². The number of rotatable bonds is 12. The van der Waals surface area contributed by atoms with Crippen molar-refractivity contribution in [3.05, 3.63) is 25.3 Å². The van der Waals surface area contributed by atoms with Gasteiger partial charge in [-0.05, 0) is 69.6 Å². The molecule has 2 saturated carbocycles. The Bertz CT molecular complexity index is 1060. The van der Waals surface area contributed by atoms with Crippen LogP contribution in [0.1, 0.15) is 86.0 Å². The van der Waals surface area contributed by atoms with E-state index in [1.54, 1.807) is 31.7 Å². The van der Waals surface area contributed by atoms with Crippen LogP contribution in [0.25, 0.3) is 0 Å². The summed E-state index contributed by atoms with van der Waals surface area (Å²) < 4.78 is 5.52. The van der Waals surface area contributed by atoms with Gasteiger partial charge in [0.15, 0.2) is 0 Å². The number of likely N-dealkylation sites (tertiary alicyclic amines) is 1. The molecule has 0 bridgehead atoms. The molecule has 234 valence electrons. The largest absolute Gasteiger partial charge is 0.444 e. The average molecular weight is 587 g/mol. The van der Waals surface area contributed by atoms with Gasteiger partial charge >= 0.3 is 6.09 Å². The second kappa shape index (κ2) is 13.9. The second-order valence-corrected chi connectivity index (χ2v) is 13.6. The fourth-order valence-corrected chi connectivity index (χ4v) is 6.67. The highest BCUT2D eigenvalue weighted by Gasteiger charge is 2.69. The highest BCUT2D eigenvalue weighted by Crippen LogP contribution is 2.65. The normalized spacial score (nSPS) is 24.7. The van der Waals surface area contributed by atoms with Gasteiger partial charge in [-0.25, -0.2) is 4.79 Å².